The number of methoxy groups -OCH3 is 1. The topological polar surface area (TPSA) is 114 Å². The molecule has 3 N–H and O–H groups in total. The third-order valence-corrected chi connectivity index (χ3v) is 12.3. The molecule has 0 bridgehead atoms. The van der Waals surface area contributed by atoms with Crippen LogP contribution in [0.1, 0.15) is 53.8 Å². The number of pyridine rings is 1. The van der Waals surface area contributed by atoms with E-state index in [1.807, 2.05) is 13.0 Å². The Morgan fingerprint density at radius 3 is 2.40 bits per heavy atom. The summed E-state index contributed by atoms with van der Waals surface area (Å²) in [4.78, 5) is 4.57. The fourth-order valence-corrected chi connectivity index (χ4v) is 10.2. The summed E-state index contributed by atoms with van der Waals surface area (Å²) in [5, 5.41) is 41.1. The number of alkyl halides is 2. The predicted molar refractivity (Wildman–Crippen MR) is 151 cm³/mol. The molecule has 6 atom stereocenters. The molecule has 1 saturated carbocycles. The lowest BCUT2D eigenvalue weighted by atomic mass is 9.79. The SMILES string of the molecule is CO[C@H]1C[SH]([C@@H](c2ncccc2C)C2(O)CCC(F)(F)CC2)[C@H](CO)[C@H](O)[C@@H]1n1cc(-c2cc(F)c(C)c(F)c2)nn1. The van der Waals surface area contributed by atoms with Gasteiger partial charge in [0, 0.05) is 48.3 Å². The molecule has 42 heavy (non-hydrogen) atoms. The summed E-state index contributed by atoms with van der Waals surface area (Å²) in [6.07, 6.45) is -0.0990. The number of aromatic nitrogens is 4. The van der Waals surface area contributed by atoms with Crippen LogP contribution >= 0.6 is 10.9 Å². The van der Waals surface area contributed by atoms with E-state index in [1.165, 1.54) is 24.9 Å². The monoisotopic (exact) mass is 612 g/mol. The van der Waals surface area contributed by atoms with E-state index in [-0.39, 0.29) is 29.7 Å². The number of aliphatic hydroxyl groups is 3. The van der Waals surface area contributed by atoms with Crippen molar-refractivity contribution in [2.24, 2.45) is 0 Å². The quantitative estimate of drug-likeness (QED) is 0.234. The van der Waals surface area contributed by atoms with E-state index in [1.54, 1.807) is 12.3 Å². The Hall–Kier alpha value is -2.58. The van der Waals surface area contributed by atoms with Crippen LogP contribution in [0.3, 0.4) is 0 Å². The molecular weight excluding hydrogens is 576 g/mol. The molecule has 1 saturated heterocycles. The maximum absolute atomic E-state index is 14.2. The second kappa shape index (κ2) is 11.8. The van der Waals surface area contributed by atoms with Gasteiger partial charge in [0.25, 0.3) is 0 Å². The van der Waals surface area contributed by atoms with Crippen molar-refractivity contribution in [2.75, 3.05) is 19.5 Å². The molecule has 0 radical (unpaired) electrons. The minimum absolute atomic E-state index is 0.117. The lowest BCUT2D eigenvalue weighted by molar-refractivity contribution is -0.105. The van der Waals surface area contributed by atoms with Crippen molar-refractivity contribution in [1.29, 1.82) is 0 Å². The Kier molecular flexibility index (Phi) is 8.70. The van der Waals surface area contributed by atoms with Crippen LogP contribution in [0.25, 0.3) is 11.3 Å². The summed E-state index contributed by atoms with van der Waals surface area (Å²) in [7, 11) is -0.0185. The van der Waals surface area contributed by atoms with Crippen molar-refractivity contribution in [2.45, 2.75) is 79.8 Å². The van der Waals surface area contributed by atoms with Crippen molar-refractivity contribution < 1.29 is 37.6 Å². The van der Waals surface area contributed by atoms with Crippen LogP contribution < -0.4 is 0 Å². The zero-order valence-corrected chi connectivity index (χ0v) is 24.5. The minimum Gasteiger partial charge on any atom is -0.395 e. The zero-order valence-electron chi connectivity index (χ0n) is 23.6. The molecule has 13 heteroatoms. The molecule has 5 rings (SSSR count). The van der Waals surface area contributed by atoms with Gasteiger partial charge in [-0.05, 0) is 50.5 Å². The van der Waals surface area contributed by atoms with Crippen LogP contribution in [0.2, 0.25) is 0 Å². The molecule has 2 aromatic heterocycles. The van der Waals surface area contributed by atoms with Gasteiger partial charge in [-0.15, -0.1) is 5.10 Å². The van der Waals surface area contributed by atoms with E-state index >= 15 is 0 Å². The molecule has 1 unspecified atom stereocenters. The smallest absolute Gasteiger partial charge is 0.248 e. The van der Waals surface area contributed by atoms with Crippen molar-refractivity contribution >= 4 is 10.9 Å². The molecule has 230 valence electrons. The van der Waals surface area contributed by atoms with Gasteiger partial charge in [0.05, 0.1) is 41.6 Å². The number of aliphatic hydroxyl groups excluding tert-OH is 2. The van der Waals surface area contributed by atoms with Gasteiger partial charge in [-0.2, -0.15) is 0 Å². The van der Waals surface area contributed by atoms with Crippen LogP contribution in [-0.4, -0.2) is 83.7 Å². The van der Waals surface area contributed by atoms with Crippen molar-refractivity contribution in [3.8, 4) is 11.3 Å². The predicted octanol–water partition coefficient (Wildman–Crippen LogP) is 4.21. The average molecular weight is 613 g/mol. The van der Waals surface area contributed by atoms with Crippen LogP contribution in [0.15, 0.2) is 36.7 Å². The normalized spacial score (nSPS) is 28.9. The highest BCUT2D eigenvalue weighted by Gasteiger charge is 2.54. The van der Waals surface area contributed by atoms with Gasteiger partial charge in [-0.25, -0.2) is 33.1 Å². The average Bonchev–Trinajstić information content (AvgIpc) is 3.44. The molecule has 0 amide bonds. The summed E-state index contributed by atoms with van der Waals surface area (Å²) >= 11 is 0. The molecule has 0 spiro atoms. The van der Waals surface area contributed by atoms with Gasteiger partial charge in [0.15, 0.2) is 0 Å². The summed E-state index contributed by atoms with van der Waals surface area (Å²) < 4.78 is 64.1. The summed E-state index contributed by atoms with van der Waals surface area (Å²) in [5.41, 5.74) is 0.0450. The van der Waals surface area contributed by atoms with E-state index in [9.17, 15) is 32.9 Å². The van der Waals surface area contributed by atoms with Gasteiger partial charge in [-0.3, -0.25) is 4.98 Å². The highest BCUT2D eigenvalue weighted by atomic mass is 32.2. The second-order valence-corrected chi connectivity index (χ2v) is 14.0. The van der Waals surface area contributed by atoms with E-state index in [4.69, 9.17) is 4.74 Å². The Morgan fingerprint density at radius 1 is 1.14 bits per heavy atom. The molecule has 1 aliphatic carbocycles. The summed E-state index contributed by atoms with van der Waals surface area (Å²) in [5.74, 6) is -4.04. The zero-order chi connectivity index (χ0) is 30.4. The maximum Gasteiger partial charge on any atom is 0.248 e. The number of rotatable bonds is 7. The fourth-order valence-electron chi connectivity index (χ4n) is 6.32. The molecule has 2 fully saturated rings. The Labute approximate surface area is 244 Å². The van der Waals surface area contributed by atoms with E-state index in [2.05, 4.69) is 15.3 Å². The fraction of sp³-hybridized carbons (Fsp3) is 0.552. The van der Waals surface area contributed by atoms with Gasteiger partial charge in [0.1, 0.15) is 23.4 Å². The van der Waals surface area contributed by atoms with Gasteiger partial charge < -0.3 is 20.1 Å². The third-order valence-electron chi connectivity index (χ3n) is 8.82. The Bertz CT molecular complexity index is 1390. The number of thiol groups is 1. The van der Waals surface area contributed by atoms with Crippen molar-refractivity contribution in [3.05, 3.63) is 65.1 Å². The largest absolute Gasteiger partial charge is 0.395 e. The summed E-state index contributed by atoms with van der Waals surface area (Å²) in [6.45, 7) is 2.73. The number of hydrogen-bond acceptors (Lipinski definition) is 7. The number of hydrogen-bond donors (Lipinski definition) is 4. The standard InChI is InChI=1S/C29H36F4N4O4S/c1-16-5-4-10-34-24(16)27(28(40)6-8-29(32,33)9-7-28)42-15-22(41-3)25(26(39)23(42)14-38)37-13-21(35-36-37)18-11-19(30)17(2)20(31)12-18/h4-5,10-13,22-23,25-27,38-40,42H,6-9,14-15H2,1-3H3/t22-,23+,25+,26-,27-/m0/s1. The van der Waals surface area contributed by atoms with E-state index in [0.717, 1.165) is 17.7 Å². The number of ether oxygens (including phenoxy) is 1. The summed E-state index contributed by atoms with van der Waals surface area (Å²) in [6, 6.07) is 5.07. The van der Waals surface area contributed by atoms with Gasteiger partial charge in [0.2, 0.25) is 5.92 Å². The molecule has 1 aliphatic heterocycles. The molecule has 1 aromatic carbocycles. The lowest BCUT2D eigenvalue weighted by Gasteiger charge is -2.53. The first-order valence-corrected chi connectivity index (χ1v) is 15.5. The maximum atomic E-state index is 14.2. The highest BCUT2D eigenvalue weighted by Crippen LogP contribution is 2.61. The first-order chi connectivity index (χ1) is 19.9. The Balaban J connectivity index is 1.52. The van der Waals surface area contributed by atoms with E-state index < -0.39 is 82.3 Å². The molecular formula is C29H36F4N4O4S. The minimum atomic E-state index is -2.88. The van der Waals surface area contributed by atoms with Crippen LogP contribution in [0.5, 0.6) is 0 Å². The number of nitrogens with zero attached hydrogens (tertiary/aromatic N) is 4. The number of halogens is 4. The van der Waals surface area contributed by atoms with Crippen LogP contribution in [0.4, 0.5) is 17.6 Å². The van der Waals surface area contributed by atoms with Crippen LogP contribution in [-0.2, 0) is 4.74 Å². The third kappa shape index (κ3) is 5.69. The van der Waals surface area contributed by atoms with E-state index in [0.29, 0.717) is 11.4 Å². The highest BCUT2D eigenvalue weighted by molar-refractivity contribution is 8.18. The molecule has 3 aromatic rings. The Morgan fingerprint density at radius 2 is 1.81 bits per heavy atom. The molecule has 8 nitrogen and oxygen atoms in total. The second-order valence-electron chi connectivity index (χ2n) is 11.4. The van der Waals surface area contributed by atoms with Gasteiger partial charge >= 0.3 is 0 Å². The lowest BCUT2D eigenvalue weighted by Crippen LogP contribution is -2.54. The first-order valence-electron chi connectivity index (χ1n) is 13.9. The van der Waals surface area contributed by atoms with Crippen molar-refractivity contribution in [1.82, 2.24) is 20.0 Å². The molecule has 2 aliphatic rings. The van der Waals surface area contributed by atoms with Crippen molar-refractivity contribution in [3.63, 3.8) is 0 Å². The number of aryl methyl sites for hydroxylation is 1. The molecule has 3 heterocycles. The first kappa shape index (κ1) is 30.9. The number of benzene rings is 1. The van der Waals surface area contributed by atoms with Crippen LogP contribution in [0, 0.1) is 25.5 Å². The van der Waals surface area contributed by atoms with Gasteiger partial charge in [-0.1, -0.05) is 11.3 Å².